The van der Waals surface area contributed by atoms with Gasteiger partial charge in [-0.2, -0.15) is 5.90 Å². The molecule has 6 aliphatic rings. The van der Waals surface area contributed by atoms with Crippen LogP contribution < -0.4 is 5.90 Å². The molecule has 1 saturated heterocycles. The molecule has 164 valence electrons. The Hall–Kier alpha value is -1.69. The normalized spacial score (nSPS) is 49.1. The standard InChI is InChI=1S/C24H33NO5/c1-12(2)14-11-24-9-6-15-22(3,7-5-8-23(15,4)21(28)30-25)16(24)10-13(14)17-18(24)20(27)29-19(17)26/h11-13,15-18H,5-10,25H2,1-4H3. The van der Waals surface area contributed by atoms with Crippen LogP contribution in [0, 0.1) is 51.8 Å². The van der Waals surface area contributed by atoms with Crippen LogP contribution in [0.2, 0.25) is 0 Å². The molecule has 8 atom stereocenters. The maximum Gasteiger partial charge on any atom is 0.330 e. The third kappa shape index (κ3) is 2.21. The molecule has 1 spiro atoms. The van der Waals surface area contributed by atoms with Crippen LogP contribution in [0.5, 0.6) is 0 Å². The maximum absolute atomic E-state index is 12.9. The van der Waals surface area contributed by atoms with Gasteiger partial charge in [0.05, 0.1) is 17.3 Å². The van der Waals surface area contributed by atoms with Crippen molar-refractivity contribution in [2.45, 2.75) is 66.2 Å². The molecule has 0 amide bonds. The summed E-state index contributed by atoms with van der Waals surface area (Å²) >= 11 is 0. The topological polar surface area (TPSA) is 95.7 Å². The predicted molar refractivity (Wildman–Crippen MR) is 108 cm³/mol. The number of ether oxygens (including phenoxy) is 1. The van der Waals surface area contributed by atoms with E-state index >= 15 is 0 Å². The SMILES string of the molecule is CC(C)C1=CC23CCC4C(C)(C(=O)ON)CCCC4(C)C2CC1C1C(=O)OC(=O)C13. The first-order valence-electron chi connectivity index (χ1n) is 11.5. The van der Waals surface area contributed by atoms with E-state index in [0.29, 0.717) is 5.92 Å². The molecule has 6 heteroatoms. The van der Waals surface area contributed by atoms with Gasteiger partial charge in [0.15, 0.2) is 0 Å². The summed E-state index contributed by atoms with van der Waals surface area (Å²) in [5.74, 6) is 4.47. The Labute approximate surface area is 177 Å². The molecule has 0 aromatic carbocycles. The Kier molecular flexibility index (Phi) is 4.17. The molecule has 0 radical (unpaired) electrons. The molecule has 0 aromatic heterocycles. The molecule has 4 fully saturated rings. The third-order valence-electron chi connectivity index (χ3n) is 9.98. The number of rotatable bonds is 2. The van der Waals surface area contributed by atoms with Crippen LogP contribution in [-0.2, 0) is 24.0 Å². The lowest BCUT2D eigenvalue weighted by Crippen LogP contribution is -2.65. The predicted octanol–water partition coefficient (Wildman–Crippen LogP) is 3.54. The zero-order chi connectivity index (χ0) is 21.6. The summed E-state index contributed by atoms with van der Waals surface area (Å²) in [5, 5.41) is 0. The number of hydrogen-bond acceptors (Lipinski definition) is 6. The summed E-state index contributed by atoms with van der Waals surface area (Å²) in [7, 11) is 0. The molecule has 30 heavy (non-hydrogen) atoms. The fourth-order valence-corrected chi connectivity index (χ4v) is 8.88. The van der Waals surface area contributed by atoms with Gasteiger partial charge in [0.2, 0.25) is 0 Å². The largest absolute Gasteiger partial charge is 0.393 e. The van der Waals surface area contributed by atoms with Crippen molar-refractivity contribution in [3.05, 3.63) is 11.6 Å². The van der Waals surface area contributed by atoms with Crippen molar-refractivity contribution in [2.75, 3.05) is 0 Å². The van der Waals surface area contributed by atoms with Crippen LogP contribution in [0.3, 0.4) is 0 Å². The number of allylic oxidation sites excluding steroid dienone is 2. The van der Waals surface area contributed by atoms with Gasteiger partial charge in [-0.05, 0) is 68.1 Å². The molecule has 0 aromatic rings. The van der Waals surface area contributed by atoms with Gasteiger partial charge in [-0.25, -0.2) is 4.79 Å². The van der Waals surface area contributed by atoms with E-state index in [1.807, 2.05) is 6.92 Å². The number of carbonyl (C=O) groups is 3. The molecule has 5 aliphatic carbocycles. The fraction of sp³-hybridized carbons (Fsp3) is 0.792. The average molecular weight is 416 g/mol. The van der Waals surface area contributed by atoms with E-state index < -0.39 is 5.41 Å². The Balaban J connectivity index is 1.65. The van der Waals surface area contributed by atoms with Crippen molar-refractivity contribution in [3.63, 3.8) is 0 Å². The van der Waals surface area contributed by atoms with Crippen LogP contribution in [0.1, 0.15) is 66.2 Å². The van der Waals surface area contributed by atoms with E-state index in [9.17, 15) is 14.4 Å². The minimum atomic E-state index is -0.601. The zero-order valence-electron chi connectivity index (χ0n) is 18.4. The van der Waals surface area contributed by atoms with E-state index in [0.717, 1.165) is 38.5 Å². The van der Waals surface area contributed by atoms with Gasteiger partial charge in [-0.3, -0.25) is 9.59 Å². The van der Waals surface area contributed by atoms with E-state index in [1.54, 1.807) is 0 Å². The van der Waals surface area contributed by atoms with Crippen molar-refractivity contribution in [3.8, 4) is 0 Å². The van der Waals surface area contributed by atoms with Crippen molar-refractivity contribution in [2.24, 2.45) is 57.6 Å². The van der Waals surface area contributed by atoms with Crippen LogP contribution in [-0.4, -0.2) is 17.9 Å². The van der Waals surface area contributed by atoms with Crippen LogP contribution in [0.15, 0.2) is 11.6 Å². The molecule has 2 N–H and O–H groups in total. The van der Waals surface area contributed by atoms with Gasteiger partial charge < -0.3 is 9.57 Å². The number of hydrogen-bond donors (Lipinski definition) is 1. The van der Waals surface area contributed by atoms with Gasteiger partial charge >= 0.3 is 17.9 Å². The molecule has 3 saturated carbocycles. The second-order valence-electron chi connectivity index (χ2n) is 11.3. The molecule has 6 nitrogen and oxygen atoms in total. The van der Waals surface area contributed by atoms with Gasteiger partial charge in [0.1, 0.15) is 0 Å². The van der Waals surface area contributed by atoms with E-state index in [4.69, 9.17) is 15.5 Å². The first-order valence-corrected chi connectivity index (χ1v) is 11.5. The minimum Gasteiger partial charge on any atom is -0.393 e. The summed E-state index contributed by atoms with van der Waals surface area (Å²) in [6.45, 7) is 8.68. The lowest BCUT2D eigenvalue weighted by atomic mass is 9.34. The first kappa shape index (κ1) is 20.2. The number of esters is 2. The highest BCUT2D eigenvalue weighted by Gasteiger charge is 2.73. The number of cyclic esters (lactones) is 2. The zero-order valence-corrected chi connectivity index (χ0v) is 18.4. The summed E-state index contributed by atoms with van der Waals surface area (Å²) in [5.41, 5.74) is 0.267. The highest BCUT2D eigenvalue weighted by atomic mass is 16.7. The fourth-order valence-electron chi connectivity index (χ4n) is 8.88. The van der Waals surface area contributed by atoms with Gasteiger partial charge in [0, 0.05) is 5.41 Å². The molecule has 6 rings (SSSR count). The van der Waals surface area contributed by atoms with Gasteiger partial charge in [-0.1, -0.05) is 38.8 Å². The van der Waals surface area contributed by atoms with E-state index in [1.165, 1.54) is 5.57 Å². The highest BCUT2D eigenvalue weighted by Crippen LogP contribution is 2.74. The number of carbonyl (C=O) groups excluding carboxylic acids is 3. The quantitative estimate of drug-likeness (QED) is 0.321. The minimum absolute atomic E-state index is 0.0612. The Morgan fingerprint density at radius 3 is 2.57 bits per heavy atom. The van der Waals surface area contributed by atoms with Gasteiger partial charge in [-0.15, -0.1) is 0 Å². The van der Waals surface area contributed by atoms with Crippen molar-refractivity contribution >= 4 is 17.9 Å². The Morgan fingerprint density at radius 1 is 1.17 bits per heavy atom. The highest BCUT2D eigenvalue weighted by molar-refractivity contribution is 5.98. The van der Waals surface area contributed by atoms with Crippen LogP contribution in [0.25, 0.3) is 0 Å². The Bertz CT molecular complexity index is 864. The van der Waals surface area contributed by atoms with E-state index in [-0.39, 0.29) is 58.3 Å². The number of fused-ring (bicyclic) bond motifs is 1. The van der Waals surface area contributed by atoms with Crippen molar-refractivity contribution in [1.82, 2.24) is 0 Å². The number of nitrogens with two attached hydrogens (primary N) is 1. The van der Waals surface area contributed by atoms with E-state index in [2.05, 4.69) is 26.8 Å². The molecule has 1 aliphatic heterocycles. The second-order valence-corrected chi connectivity index (χ2v) is 11.3. The molecule has 1 heterocycles. The second kappa shape index (κ2) is 6.18. The summed E-state index contributed by atoms with van der Waals surface area (Å²) in [6, 6.07) is 0. The summed E-state index contributed by atoms with van der Waals surface area (Å²) in [4.78, 5) is 43.1. The summed E-state index contributed by atoms with van der Waals surface area (Å²) in [6.07, 6.45) is 7.66. The third-order valence-corrected chi connectivity index (χ3v) is 9.98. The first-order chi connectivity index (χ1) is 14.1. The smallest absolute Gasteiger partial charge is 0.330 e. The van der Waals surface area contributed by atoms with Crippen molar-refractivity contribution < 1.29 is 24.0 Å². The molecule has 2 bridgehead atoms. The van der Waals surface area contributed by atoms with Crippen molar-refractivity contribution in [1.29, 1.82) is 0 Å². The van der Waals surface area contributed by atoms with Gasteiger partial charge in [0.25, 0.3) is 0 Å². The monoisotopic (exact) mass is 415 g/mol. The summed E-state index contributed by atoms with van der Waals surface area (Å²) < 4.78 is 5.22. The maximum atomic E-state index is 12.9. The van der Waals surface area contributed by atoms with Crippen LogP contribution >= 0.6 is 0 Å². The molecular weight excluding hydrogens is 382 g/mol. The molecule has 8 unspecified atom stereocenters. The lowest BCUT2D eigenvalue weighted by Gasteiger charge is -2.68. The Morgan fingerprint density at radius 2 is 1.90 bits per heavy atom. The average Bonchev–Trinajstić information content (AvgIpc) is 3.02. The van der Waals surface area contributed by atoms with Crippen LogP contribution in [0.4, 0.5) is 0 Å². The lowest BCUT2D eigenvalue weighted by molar-refractivity contribution is -0.198. The molecular formula is C24H33NO5.